The van der Waals surface area contributed by atoms with Crippen LogP contribution in [0.3, 0.4) is 0 Å². The summed E-state index contributed by atoms with van der Waals surface area (Å²) in [6.45, 7) is 0.505. The first-order chi connectivity index (χ1) is 21.2. The summed E-state index contributed by atoms with van der Waals surface area (Å²) in [6, 6.07) is 14.9. The Labute approximate surface area is 252 Å². The lowest BCUT2D eigenvalue weighted by Gasteiger charge is -2.05. The molecule has 0 aliphatic carbocycles. The van der Waals surface area contributed by atoms with Gasteiger partial charge in [0.15, 0.2) is 5.58 Å². The van der Waals surface area contributed by atoms with E-state index in [1.54, 1.807) is 36.8 Å². The lowest BCUT2D eigenvalue weighted by molar-refractivity contribution is -0.193. The number of thiazole rings is 1. The predicted octanol–water partition coefficient (Wildman–Crippen LogP) is 5.65. The molecule has 0 unspecified atom stereocenters. The molecule has 5 aromatic rings. The maximum absolute atomic E-state index is 12.6. The molecule has 18 heteroatoms. The van der Waals surface area contributed by atoms with Crippen molar-refractivity contribution in [1.82, 2.24) is 25.4 Å². The standard InChI is InChI=1S/C23H17N5O2S.2C2HF3O2/c29-22(26-11-8-17-5-1-2-10-25-17)15-6-7-20-18(12-15)21(28-30-20)19-14-31-23(27-19)16-4-3-9-24-13-16;2*3-2(4,5)1(6)7/h1-7,9-10,12-14H,8,11H2,(H,26,29);2*(H,6,7). The van der Waals surface area contributed by atoms with Gasteiger partial charge in [0.05, 0.1) is 5.39 Å². The Morgan fingerprint density at radius 3 is 2.18 bits per heavy atom. The number of carboxylic acids is 2. The van der Waals surface area contributed by atoms with Crippen LogP contribution in [0.1, 0.15) is 16.1 Å². The first-order valence-corrected chi connectivity index (χ1v) is 13.1. The molecule has 45 heavy (non-hydrogen) atoms. The van der Waals surface area contributed by atoms with Gasteiger partial charge in [-0.2, -0.15) is 26.3 Å². The Morgan fingerprint density at radius 1 is 0.911 bits per heavy atom. The van der Waals surface area contributed by atoms with Gasteiger partial charge in [-0.1, -0.05) is 11.2 Å². The van der Waals surface area contributed by atoms with Gasteiger partial charge in [0, 0.05) is 53.8 Å². The highest BCUT2D eigenvalue weighted by atomic mass is 32.1. The van der Waals surface area contributed by atoms with Crippen LogP contribution in [-0.4, -0.2) is 67.1 Å². The van der Waals surface area contributed by atoms with E-state index in [4.69, 9.17) is 24.3 Å². The average Bonchev–Trinajstić information content (AvgIpc) is 3.65. The van der Waals surface area contributed by atoms with Crippen LogP contribution in [0.15, 0.2) is 77.0 Å². The summed E-state index contributed by atoms with van der Waals surface area (Å²) in [7, 11) is 0. The van der Waals surface area contributed by atoms with Crippen LogP contribution in [0, 0.1) is 0 Å². The van der Waals surface area contributed by atoms with Crippen LogP contribution in [0.4, 0.5) is 26.3 Å². The number of nitrogens with one attached hydrogen (secondary N) is 1. The van der Waals surface area contributed by atoms with Crippen molar-refractivity contribution in [2.75, 3.05) is 6.54 Å². The number of rotatable bonds is 6. The fourth-order valence-electron chi connectivity index (χ4n) is 3.22. The minimum absolute atomic E-state index is 0.153. The summed E-state index contributed by atoms with van der Waals surface area (Å²) >= 11 is 1.51. The number of nitrogens with zero attached hydrogens (tertiary/aromatic N) is 4. The zero-order chi connectivity index (χ0) is 33.2. The first kappa shape index (κ1) is 34.1. The van der Waals surface area contributed by atoms with E-state index in [0.717, 1.165) is 21.7 Å². The number of alkyl halides is 6. The second-order valence-electron chi connectivity index (χ2n) is 8.45. The van der Waals surface area contributed by atoms with E-state index in [9.17, 15) is 31.1 Å². The lowest BCUT2D eigenvalue weighted by Crippen LogP contribution is -2.25. The summed E-state index contributed by atoms with van der Waals surface area (Å²) in [5, 5.41) is 24.9. The normalized spacial score (nSPS) is 11.1. The van der Waals surface area contributed by atoms with Crippen LogP contribution >= 0.6 is 11.3 Å². The van der Waals surface area contributed by atoms with Crippen LogP contribution in [-0.2, 0) is 16.0 Å². The maximum Gasteiger partial charge on any atom is 0.490 e. The number of carbonyl (C=O) groups excluding carboxylic acids is 1. The third kappa shape index (κ3) is 10.1. The van der Waals surface area contributed by atoms with Gasteiger partial charge < -0.3 is 20.1 Å². The van der Waals surface area contributed by atoms with Gasteiger partial charge in [-0.3, -0.25) is 14.8 Å². The lowest BCUT2D eigenvalue weighted by atomic mass is 10.1. The molecule has 3 N–H and O–H groups in total. The van der Waals surface area contributed by atoms with E-state index in [0.29, 0.717) is 35.5 Å². The maximum atomic E-state index is 12.6. The van der Waals surface area contributed by atoms with Gasteiger partial charge in [-0.25, -0.2) is 14.6 Å². The average molecular weight is 656 g/mol. The van der Waals surface area contributed by atoms with E-state index >= 15 is 0 Å². The predicted molar refractivity (Wildman–Crippen MR) is 146 cm³/mol. The topological polar surface area (TPSA) is 168 Å². The van der Waals surface area contributed by atoms with Crippen molar-refractivity contribution < 1.29 is 55.5 Å². The van der Waals surface area contributed by atoms with Gasteiger partial charge >= 0.3 is 24.3 Å². The molecule has 0 bridgehead atoms. The number of pyridine rings is 2. The highest BCUT2D eigenvalue weighted by Crippen LogP contribution is 2.32. The molecule has 236 valence electrons. The minimum atomic E-state index is -5.08. The fraction of sp³-hybridized carbons (Fsp3) is 0.148. The molecule has 4 aromatic heterocycles. The largest absolute Gasteiger partial charge is 0.490 e. The molecule has 1 amide bonds. The number of hydrogen-bond donors (Lipinski definition) is 3. The number of carboxylic acid groups (broad SMARTS) is 2. The van der Waals surface area contributed by atoms with Crippen molar-refractivity contribution in [3.63, 3.8) is 0 Å². The molecule has 0 atom stereocenters. The fourth-order valence-corrected chi connectivity index (χ4v) is 4.02. The van der Waals surface area contributed by atoms with Gasteiger partial charge in [-0.15, -0.1) is 11.3 Å². The zero-order valence-electron chi connectivity index (χ0n) is 22.3. The van der Waals surface area contributed by atoms with Crippen LogP contribution in [0.2, 0.25) is 0 Å². The van der Waals surface area contributed by atoms with E-state index in [2.05, 4.69) is 25.4 Å². The Bertz CT molecular complexity index is 1720. The number of aliphatic carboxylic acids is 2. The molecule has 1 aromatic carbocycles. The van der Waals surface area contributed by atoms with Crippen molar-refractivity contribution in [2.24, 2.45) is 0 Å². The van der Waals surface area contributed by atoms with E-state index < -0.39 is 24.3 Å². The summed E-state index contributed by atoms with van der Waals surface area (Å²) in [5.41, 5.74) is 4.35. The number of carbonyl (C=O) groups is 3. The van der Waals surface area contributed by atoms with Gasteiger partial charge in [0.1, 0.15) is 16.4 Å². The first-order valence-electron chi connectivity index (χ1n) is 12.2. The SMILES string of the molecule is O=C(NCCc1ccccn1)c1ccc2onc(-c3csc(-c4cccnc4)n3)c2c1.O=C(O)C(F)(F)F.O=C(O)C(F)(F)F. The Balaban J connectivity index is 0.000000331. The third-order valence-corrected chi connectivity index (χ3v) is 6.16. The molecule has 5 rings (SSSR count). The molecule has 4 heterocycles. The number of fused-ring (bicyclic) bond motifs is 1. The van der Waals surface area contributed by atoms with E-state index in [1.807, 2.05) is 35.7 Å². The zero-order valence-corrected chi connectivity index (χ0v) is 23.2. The molecule has 0 aliphatic rings. The summed E-state index contributed by atoms with van der Waals surface area (Å²) in [5.74, 6) is -5.67. The molecule has 0 saturated heterocycles. The Hall–Kier alpha value is -5.39. The quantitative estimate of drug-likeness (QED) is 0.195. The van der Waals surface area contributed by atoms with E-state index in [1.165, 1.54) is 11.3 Å². The smallest absolute Gasteiger partial charge is 0.475 e. The van der Waals surface area contributed by atoms with Crippen LogP contribution in [0.5, 0.6) is 0 Å². The van der Waals surface area contributed by atoms with Crippen molar-refractivity contribution in [1.29, 1.82) is 0 Å². The molecule has 0 saturated carbocycles. The third-order valence-electron chi connectivity index (χ3n) is 5.27. The van der Waals surface area contributed by atoms with Crippen molar-refractivity contribution >= 4 is 40.2 Å². The molecule has 11 nitrogen and oxygen atoms in total. The number of halogens is 6. The van der Waals surface area contributed by atoms with Gasteiger partial charge in [0.2, 0.25) is 0 Å². The molecule has 0 aliphatic heterocycles. The minimum Gasteiger partial charge on any atom is -0.475 e. The number of aromatic nitrogens is 4. The number of hydrogen-bond acceptors (Lipinski definition) is 9. The number of amides is 1. The van der Waals surface area contributed by atoms with Crippen molar-refractivity contribution in [2.45, 2.75) is 18.8 Å². The summed E-state index contributed by atoms with van der Waals surface area (Å²) in [6.07, 6.45) is -4.25. The Kier molecular flexibility index (Phi) is 11.3. The molecular formula is C27H19F6N5O6S. The highest BCUT2D eigenvalue weighted by Gasteiger charge is 2.38. The second-order valence-corrected chi connectivity index (χ2v) is 9.31. The Morgan fingerprint density at radius 2 is 1.60 bits per heavy atom. The molecule has 0 spiro atoms. The van der Waals surface area contributed by atoms with Crippen molar-refractivity contribution in [3.8, 4) is 22.0 Å². The number of benzene rings is 1. The van der Waals surface area contributed by atoms with Crippen molar-refractivity contribution in [3.05, 3.63) is 83.8 Å². The molecule has 0 radical (unpaired) electrons. The molecular weight excluding hydrogens is 636 g/mol. The van der Waals surface area contributed by atoms with Gasteiger partial charge in [-0.05, 0) is 42.5 Å². The monoisotopic (exact) mass is 655 g/mol. The summed E-state index contributed by atoms with van der Waals surface area (Å²) in [4.78, 5) is 43.5. The second kappa shape index (κ2) is 14.9. The highest BCUT2D eigenvalue weighted by molar-refractivity contribution is 7.13. The summed E-state index contributed by atoms with van der Waals surface area (Å²) < 4.78 is 68.9. The molecule has 0 fully saturated rings. The van der Waals surface area contributed by atoms with Gasteiger partial charge in [0.25, 0.3) is 5.91 Å². The van der Waals surface area contributed by atoms with E-state index in [-0.39, 0.29) is 5.91 Å². The van der Waals surface area contributed by atoms with Crippen LogP contribution in [0.25, 0.3) is 32.9 Å². The van der Waals surface area contributed by atoms with Crippen LogP contribution < -0.4 is 5.32 Å².